The van der Waals surface area contributed by atoms with E-state index in [9.17, 15) is 4.39 Å². The molecule has 1 aromatic rings. The van der Waals surface area contributed by atoms with Gasteiger partial charge in [0.15, 0.2) is 0 Å². The topological polar surface area (TPSA) is 12.5 Å². The molecule has 2 rings (SSSR count). The second kappa shape index (κ2) is 5.15. The van der Waals surface area contributed by atoms with Gasteiger partial charge in [0, 0.05) is 30.4 Å². The first-order valence-electron chi connectivity index (χ1n) is 5.38. The lowest BCUT2D eigenvalue weighted by Gasteiger charge is -2.19. The molecule has 1 atom stereocenters. The largest absolute Gasteiger partial charge is 0.488 e. The van der Waals surface area contributed by atoms with E-state index in [2.05, 4.69) is 27.9 Å². The molecule has 1 unspecified atom stereocenters. The Balaban J connectivity index is 1.95. The van der Waals surface area contributed by atoms with Crippen LogP contribution in [0, 0.1) is 5.82 Å². The van der Waals surface area contributed by atoms with Crippen molar-refractivity contribution in [3.63, 3.8) is 0 Å². The Morgan fingerprint density at radius 2 is 2.38 bits per heavy atom. The highest BCUT2D eigenvalue weighted by atomic mass is 79.9. The molecule has 0 N–H and O–H groups in total. The molecular formula is C12H15BrFNO. The van der Waals surface area contributed by atoms with Gasteiger partial charge in [-0.2, -0.15) is 0 Å². The third-order valence-corrected chi connectivity index (χ3v) is 3.10. The molecule has 1 heterocycles. The zero-order chi connectivity index (χ0) is 11.5. The standard InChI is InChI=1S/C12H15BrFNO/c1-15(5-4-13)8-11-7-9-6-10(14)2-3-12(9)16-11/h2-3,6,11H,4-5,7-8H2,1H3. The summed E-state index contributed by atoms with van der Waals surface area (Å²) in [6.07, 6.45) is 0.959. The Labute approximate surface area is 104 Å². The van der Waals surface area contributed by atoms with E-state index < -0.39 is 0 Å². The maximum Gasteiger partial charge on any atom is 0.123 e. The van der Waals surface area contributed by atoms with Crippen molar-refractivity contribution in [1.82, 2.24) is 4.90 Å². The van der Waals surface area contributed by atoms with Gasteiger partial charge in [-0.3, -0.25) is 0 Å². The average Bonchev–Trinajstić information content (AvgIpc) is 2.59. The summed E-state index contributed by atoms with van der Waals surface area (Å²) in [7, 11) is 2.06. The van der Waals surface area contributed by atoms with E-state index in [1.807, 2.05) is 0 Å². The normalized spacial score (nSPS) is 18.6. The van der Waals surface area contributed by atoms with E-state index >= 15 is 0 Å². The van der Waals surface area contributed by atoms with E-state index in [4.69, 9.17) is 4.74 Å². The molecule has 2 nitrogen and oxygen atoms in total. The predicted octanol–water partition coefficient (Wildman–Crippen LogP) is 2.46. The van der Waals surface area contributed by atoms with Gasteiger partial charge >= 0.3 is 0 Å². The zero-order valence-corrected chi connectivity index (χ0v) is 10.8. The first-order valence-corrected chi connectivity index (χ1v) is 6.51. The molecule has 1 aliphatic rings. The van der Waals surface area contributed by atoms with Gasteiger partial charge in [0.2, 0.25) is 0 Å². The minimum Gasteiger partial charge on any atom is -0.488 e. The summed E-state index contributed by atoms with van der Waals surface area (Å²) in [6.45, 7) is 1.87. The third-order valence-electron chi connectivity index (χ3n) is 2.75. The molecule has 4 heteroatoms. The van der Waals surface area contributed by atoms with Crippen LogP contribution in [0.3, 0.4) is 0 Å². The molecule has 88 valence electrons. The van der Waals surface area contributed by atoms with Crippen LogP contribution >= 0.6 is 15.9 Å². The Kier molecular flexibility index (Phi) is 3.82. The highest BCUT2D eigenvalue weighted by Crippen LogP contribution is 2.29. The molecule has 0 saturated heterocycles. The number of hydrogen-bond donors (Lipinski definition) is 0. The van der Waals surface area contributed by atoms with Gasteiger partial charge in [0.25, 0.3) is 0 Å². The molecule has 0 bridgehead atoms. The molecule has 0 fully saturated rings. The number of nitrogens with zero attached hydrogens (tertiary/aromatic N) is 1. The van der Waals surface area contributed by atoms with Crippen LogP contribution in [0.15, 0.2) is 18.2 Å². The number of benzene rings is 1. The van der Waals surface area contributed by atoms with Crippen LogP contribution in [-0.2, 0) is 6.42 Å². The molecule has 0 aromatic heterocycles. The monoisotopic (exact) mass is 287 g/mol. The number of halogens is 2. The molecule has 1 aromatic carbocycles. The molecule has 0 spiro atoms. The Morgan fingerprint density at radius 3 is 3.12 bits per heavy atom. The fourth-order valence-corrected chi connectivity index (χ4v) is 2.58. The second-order valence-electron chi connectivity index (χ2n) is 4.15. The summed E-state index contributed by atoms with van der Waals surface area (Å²) < 4.78 is 18.8. The number of ether oxygens (including phenoxy) is 1. The van der Waals surface area contributed by atoms with Crippen LogP contribution in [0.1, 0.15) is 5.56 Å². The minimum absolute atomic E-state index is 0.154. The second-order valence-corrected chi connectivity index (χ2v) is 4.94. The van der Waals surface area contributed by atoms with Crippen LogP contribution in [-0.4, -0.2) is 36.5 Å². The van der Waals surface area contributed by atoms with E-state index in [-0.39, 0.29) is 11.9 Å². The third kappa shape index (κ3) is 2.74. The number of fused-ring (bicyclic) bond motifs is 1. The zero-order valence-electron chi connectivity index (χ0n) is 9.25. The highest BCUT2D eigenvalue weighted by molar-refractivity contribution is 9.09. The number of alkyl halides is 1. The van der Waals surface area contributed by atoms with Gasteiger partial charge < -0.3 is 9.64 Å². The molecule has 0 aliphatic carbocycles. The lowest BCUT2D eigenvalue weighted by molar-refractivity contribution is 0.173. The van der Waals surface area contributed by atoms with Gasteiger partial charge in [-0.05, 0) is 25.2 Å². The van der Waals surface area contributed by atoms with Crippen molar-refractivity contribution in [3.05, 3.63) is 29.6 Å². The smallest absolute Gasteiger partial charge is 0.123 e. The van der Waals surface area contributed by atoms with Gasteiger partial charge in [-0.25, -0.2) is 4.39 Å². The predicted molar refractivity (Wildman–Crippen MR) is 65.8 cm³/mol. The summed E-state index contributed by atoms with van der Waals surface area (Å²) in [5.41, 5.74) is 0.984. The van der Waals surface area contributed by atoms with Gasteiger partial charge in [-0.15, -0.1) is 0 Å². The summed E-state index contributed by atoms with van der Waals surface area (Å²) in [5.74, 6) is 0.649. The fourth-order valence-electron chi connectivity index (χ4n) is 1.97. The fraction of sp³-hybridized carbons (Fsp3) is 0.500. The molecule has 0 radical (unpaired) electrons. The summed E-state index contributed by atoms with van der Waals surface area (Å²) in [5, 5.41) is 0.956. The molecule has 0 saturated carbocycles. The van der Waals surface area contributed by atoms with Crippen molar-refractivity contribution in [3.8, 4) is 5.75 Å². The van der Waals surface area contributed by atoms with Crippen LogP contribution < -0.4 is 4.74 Å². The van der Waals surface area contributed by atoms with Crippen molar-refractivity contribution in [2.24, 2.45) is 0 Å². The van der Waals surface area contributed by atoms with Crippen molar-refractivity contribution in [2.45, 2.75) is 12.5 Å². The Morgan fingerprint density at radius 1 is 1.56 bits per heavy atom. The molecule has 1 aliphatic heterocycles. The average molecular weight is 288 g/mol. The van der Waals surface area contributed by atoms with E-state index in [0.717, 1.165) is 36.2 Å². The Hall–Kier alpha value is -0.610. The summed E-state index contributed by atoms with van der Waals surface area (Å²) in [4.78, 5) is 2.21. The van der Waals surface area contributed by atoms with Gasteiger partial charge in [-0.1, -0.05) is 15.9 Å². The van der Waals surface area contributed by atoms with Crippen molar-refractivity contribution < 1.29 is 9.13 Å². The van der Waals surface area contributed by atoms with E-state index in [1.165, 1.54) is 6.07 Å². The van der Waals surface area contributed by atoms with Crippen LogP contribution in [0.5, 0.6) is 5.75 Å². The summed E-state index contributed by atoms with van der Waals surface area (Å²) >= 11 is 3.41. The Bertz CT molecular complexity index is 372. The van der Waals surface area contributed by atoms with Crippen molar-refractivity contribution >= 4 is 15.9 Å². The number of likely N-dealkylation sites (N-methyl/N-ethyl adjacent to an activating group) is 1. The summed E-state index contributed by atoms with van der Waals surface area (Å²) in [6, 6.07) is 4.73. The van der Waals surface area contributed by atoms with Crippen LogP contribution in [0.2, 0.25) is 0 Å². The first-order chi connectivity index (χ1) is 7.69. The number of rotatable bonds is 4. The van der Waals surface area contributed by atoms with Gasteiger partial charge in [0.05, 0.1) is 0 Å². The molecule has 16 heavy (non-hydrogen) atoms. The molecular weight excluding hydrogens is 273 g/mol. The van der Waals surface area contributed by atoms with Crippen LogP contribution in [0.25, 0.3) is 0 Å². The van der Waals surface area contributed by atoms with E-state index in [0.29, 0.717) is 0 Å². The SMILES string of the molecule is CN(CCBr)CC1Cc2cc(F)ccc2O1. The lowest BCUT2D eigenvalue weighted by Crippen LogP contribution is -2.33. The minimum atomic E-state index is -0.184. The maximum absolute atomic E-state index is 13.0. The van der Waals surface area contributed by atoms with Crippen LogP contribution in [0.4, 0.5) is 4.39 Å². The molecule has 0 amide bonds. The first kappa shape index (κ1) is 11.9. The highest BCUT2D eigenvalue weighted by Gasteiger charge is 2.24. The lowest BCUT2D eigenvalue weighted by atomic mass is 10.1. The van der Waals surface area contributed by atoms with Crippen molar-refractivity contribution in [2.75, 3.05) is 25.5 Å². The van der Waals surface area contributed by atoms with Crippen molar-refractivity contribution in [1.29, 1.82) is 0 Å². The maximum atomic E-state index is 13.0. The van der Waals surface area contributed by atoms with E-state index in [1.54, 1.807) is 12.1 Å². The number of hydrogen-bond acceptors (Lipinski definition) is 2. The van der Waals surface area contributed by atoms with Gasteiger partial charge in [0.1, 0.15) is 17.7 Å². The quantitative estimate of drug-likeness (QED) is 0.789.